The van der Waals surface area contributed by atoms with Gasteiger partial charge in [-0.3, -0.25) is 4.79 Å². The lowest BCUT2D eigenvalue weighted by atomic mass is 10.0. The molecule has 1 aliphatic heterocycles. The quantitative estimate of drug-likeness (QED) is 0.675. The van der Waals surface area contributed by atoms with Crippen molar-refractivity contribution in [1.82, 2.24) is 10.6 Å². The van der Waals surface area contributed by atoms with Gasteiger partial charge in [-0.05, 0) is 38.6 Å². The number of halogens is 1. The van der Waals surface area contributed by atoms with Gasteiger partial charge in [0.25, 0.3) is 0 Å². The van der Waals surface area contributed by atoms with Gasteiger partial charge in [0.2, 0.25) is 5.91 Å². The van der Waals surface area contributed by atoms with Crippen LogP contribution in [0.3, 0.4) is 0 Å². The van der Waals surface area contributed by atoms with Crippen molar-refractivity contribution >= 4 is 18.3 Å². The smallest absolute Gasteiger partial charge is 0.220 e. The van der Waals surface area contributed by atoms with E-state index in [1.807, 2.05) is 0 Å². The molecule has 0 spiro atoms. The van der Waals surface area contributed by atoms with Gasteiger partial charge in [0.05, 0.1) is 6.10 Å². The van der Waals surface area contributed by atoms with Crippen LogP contribution in [0.2, 0.25) is 0 Å². The highest BCUT2D eigenvalue weighted by molar-refractivity contribution is 5.85. The summed E-state index contributed by atoms with van der Waals surface area (Å²) in [6.07, 6.45) is 6.30. The van der Waals surface area contributed by atoms with Crippen molar-refractivity contribution in [1.29, 1.82) is 0 Å². The third kappa shape index (κ3) is 10.2. The van der Waals surface area contributed by atoms with Gasteiger partial charge in [-0.1, -0.05) is 13.8 Å². The standard InChI is InChI=1S/C14H28N2O2.ClH/c1-12(2)15-9-5-10-16-14(17)8-7-13-6-3-4-11-18-13;/h12-13,15H,3-11H2,1-2H3,(H,16,17);1H. The van der Waals surface area contributed by atoms with Crippen LogP contribution in [0, 0.1) is 0 Å². The van der Waals surface area contributed by atoms with E-state index in [1.165, 1.54) is 12.8 Å². The monoisotopic (exact) mass is 292 g/mol. The van der Waals surface area contributed by atoms with E-state index in [-0.39, 0.29) is 18.3 Å². The highest BCUT2D eigenvalue weighted by atomic mass is 35.5. The molecule has 0 aromatic rings. The molecular weight excluding hydrogens is 264 g/mol. The Bertz CT molecular complexity index is 231. The Balaban J connectivity index is 0.00000324. The first kappa shape index (κ1) is 18.7. The molecule has 0 radical (unpaired) electrons. The minimum absolute atomic E-state index is 0. The van der Waals surface area contributed by atoms with Crippen LogP contribution in [0.4, 0.5) is 0 Å². The maximum Gasteiger partial charge on any atom is 0.220 e. The molecule has 0 bridgehead atoms. The van der Waals surface area contributed by atoms with Gasteiger partial charge in [0, 0.05) is 25.6 Å². The zero-order valence-corrected chi connectivity index (χ0v) is 13.1. The van der Waals surface area contributed by atoms with Crippen LogP contribution in [0.15, 0.2) is 0 Å². The van der Waals surface area contributed by atoms with Crippen LogP contribution in [0.1, 0.15) is 52.4 Å². The molecule has 0 aromatic carbocycles. The zero-order chi connectivity index (χ0) is 13.2. The van der Waals surface area contributed by atoms with E-state index in [1.54, 1.807) is 0 Å². The second-order valence-electron chi connectivity index (χ2n) is 5.34. The fourth-order valence-corrected chi connectivity index (χ4v) is 2.12. The zero-order valence-electron chi connectivity index (χ0n) is 12.2. The Morgan fingerprint density at radius 3 is 2.74 bits per heavy atom. The molecule has 2 N–H and O–H groups in total. The van der Waals surface area contributed by atoms with Crippen LogP contribution in [-0.2, 0) is 9.53 Å². The third-order valence-electron chi connectivity index (χ3n) is 3.20. The van der Waals surface area contributed by atoms with Crippen LogP contribution in [0.25, 0.3) is 0 Å². The summed E-state index contributed by atoms with van der Waals surface area (Å²) in [7, 11) is 0. The van der Waals surface area contributed by atoms with Crippen molar-refractivity contribution in [2.24, 2.45) is 0 Å². The molecule has 1 amide bonds. The second-order valence-corrected chi connectivity index (χ2v) is 5.34. The van der Waals surface area contributed by atoms with Crippen LogP contribution < -0.4 is 10.6 Å². The lowest BCUT2D eigenvalue weighted by Gasteiger charge is -2.22. The first-order chi connectivity index (χ1) is 8.68. The van der Waals surface area contributed by atoms with Crippen molar-refractivity contribution in [3.8, 4) is 0 Å². The Hall–Kier alpha value is -0.320. The molecule has 19 heavy (non-hydrogen) atoms. The summed E-state index contributed by atoms with van der Waals surface area (Å²) < 4.78 is 5.61. The Kier molecular flexibility index (Phi) is 11.3. The van der Waals surface area contributed by atoms with E-state index in [0.29, 0.717) is 18.6 Å². The number of ether oxygens (including phenoxy) is 1. The van der Waals surface area contributed by atoms with Gasteiger partial charge in [-0.2, -0.15) is 0 Å². The SMILES string of the molecule is CC(C)NCCCNC(=O)CCC1CCCCO1.Cl. The van der Waals surface area contributed by atoms with Crippen molar-refractivity contribution in [2.75, 3.05) is 19.7 Å². The maximum absolute atomic E-state index is 11.6. The van der Waals surface area contributed by atoms with Gasteiger partial charge in [-0.15, -0.1) is 12.4 Å². The molecule has 0 aliphatic carbocycles. The molecule has 5 heteroatoms. The van der Waals surface area contributed by atoms with Crippen molar-refractivity contribution in [3.63, 3.8) is 0 Å². The first-order valence-electron chi connectivity index (χ1n) is 7.30. The van der Waals surface area contributed by atoms with E-state index in [0.717, 1.165) is 39.0 Å². The number of hydrogen-bond acceptors (Lipinski definition) is 3. The molecular formula is C14H29ClN2O2. The molecule has 1 fully saturated rings. The number of nitrogens with one attached hydrogen (secondary N) is 2. The van der Waals surface area contributed by atoms with Crippen LogP contribution in [-0.4, -0.2) is 37.7 Å². The van der Waals surface area contributed by atoms with Gasteiger partial charge < -0.3 is 15.4 Å². The largest absolute Gasteiger partial charge is 0.378 e. The highest BCUT2D eigenvalue weighted by Crippen LogP contribution is 2.16. The summed E-state index contributed by atoms with van der Waals surface area (Å²) in [5.74, 6) is 0.161. The van der Waals surface area contributed by atoms with Crippen molar-refractivity contribution in [3.05, 3.63) is 0 Å². The average molecular weight is 293 g/mol. The van der Waals surface area contributed by atoms with Crippen LogP contribution in [0.5, 0.6) is 0 Å². The second kappa shape index (κ2) is 11.5. The minimum Gasteiger partial charge on any atom is -0.378 e. The summed E-state index contributed by atoms with van der Waals surface area (Å²) >= 11 is 0. The normalized spacial score (nSPS) is 19.0. The highest BCUT2D eigenvalue weighted by Gasteiger charge is 2.14. The van der Waals surface area contributed by atoms with Crippen molar-refractivity contribution in [2.45, 2.75) is 64.5 Å². The fourth-order valence-electron chi connectivity index (χ4n) is 2.12. The lowest BCUT2D eigenvalue weighted by Crippen LogP contribution is -2.30. The summed E-state index contributed by atoms with van der Waals surface area (Å²) in [6, 6.07) is 0.518. The molecule has 1 rings (SSSR count). The van der Waals surface area contributed by atoms with Gasteiger partial charge in [0.1, 0.15) is 0 Å². The average Bonchev–Trinajstić information content (AvgIpc) is 2.37. The summed E-state index contributed by atoms with van der Waals surface area (Å²) in [5.41, 5.74) is 0. The molecule has 0 saturated carbocycles. The van der Waals surface area contributed by atoms with E-state index < -0.39 is 0 Å². The maximum atomic E-state index is 11.6. The number of amides is 1. The topological polar surface area (TPSA) is 50.4 Å². The van der Waals surface area contributed by atoms with Gasteiger partial charge in [-0.25, -0.2) is 0 Å². The number of hydrogen-bond donors (Lipinski definition) is 2. The summed E-state index contributed by atoms with van der Waals surface area (Å²) in [5, 5.41) is 6.29. The molecule has 0 aromatic heterocycles. The molecule has 1 heterocycles. The lowest BCUT2D eigenvalue weighted by molar-refractivity contribution is -0.122. The number of carbonyl (C=O) groups is 1. The van der Waals surface area contributed by atoms with Gasteiger partial charge >= 0.3 is 0 Å². The molecule has 1 unspecified atom stereocenters. The molecule has 1 saturated heterocycles. The predicted octanol–water partition coefficient (Wildman–Crippen LogP) is 2.26. The predicted molar refractivity (Wildman–Crippen MR) is 80.8 cm³/mol. The third-order valence-corrected chi connectivity index (χ3v) is 3.20. The Labute approximate surface area is 123 Å². The molecule has 1 atom stereocenters. The minimum atomic E-state index is 0. The number of rotatable bonds is 8. The van der Waals surface area contributed by atoms with E-state index in [9.17, 15) is 4.79 Å². The Morgan fingerprint density at radius 2 is 2.11 bits per heavy atom. The first-order valence-corrected chi connectivity index (χ1v) is 7.30. The fraction of sp³-hybridized carbons (Fsp3) is 0.929. The summed E-state index contributed by atoms with van der Waals surface area (Å²) in [6.45, 7) is 6.85. The Morgan fingerprint density at radius 1 is 1.32 bits per heavy atom. The molecule has 1 aliphatic rings. The molecule has 114 valence electrons. The van der Waals surface area contributed by atoms with Crippen molar-refractivity contribution < 1.29 is 9.53 Å². The van der Waals surface area contributed by atoms with Crippen LogP contribution >= 0.6 is 12.4 Å². The van der Waals surface area contributed by atoms with E-state index >= 15 is 0 Å². The van der Waals surface area contributed by atoms with Gasteiger partial charge in [0.15, 0.2) is 0 Å². The van der Waals surface area contributed by atoms with E-state index in [2.05, 4.69) is 24.5 Å². The number of carbonyl (C=O) groups excluding carboxylic acids is 1. The molecule has 4 nitrogen and oxygen atoms in total. The van der Waals surface area contributed by atoms with E-state index in [4.69, 9.17) is 4.74 Å². The summed E-state index contributed by atoms with van der Waals surface area (Å²) in [4.78, 5) is 11.6.